The molecule has 2 rings (SSSR count). The molecule has 2 aromatic heterocycles. The van der Waals surface area contributed by atoms with Gasteiger partial charge in [-0.2, -0.15) is 5.26 Å². The number of nitriles is 1. The van der Waals surface area contributed by atoms with Crippen molar-refractivity contribution in [1.29, 1.82) is 5.26 Å². The largest absolute Gasteiger partial charge is 0.370 e. The first-order valence-electron chi connectivity index (χ1n) is 6.24. The number of hydrogen-bond acceptors (Lipinski definition) is 5. The molecule has 0 saturated carbocycles. The van der Waals surface area contributed by atoms with Crippen molar-refractivity contribution in [3.8, 4) is 17.3 Å². The van der Waals surface area contributed by atoms with E-state index in [-0.39, 0.29) is 0 Å². The van der Waals surface area contributed by atoms with E-state index in [1.54, 1.807) is 12.3 Å². The van der Waals surface area contributed by atoms with Crippen LogP contribution in [0.3, 0.4) is 0 Å². The van der Waals surface area contributed by atoms with Crippen molar-refractivity contribution in [3.05, 3.63) is 35.9 Å². The Morgan fingerprint density at radius 2 is 2.05 bits per heavy atom. The van der Waals surface area contributed by atoms with Crippen molar-refractivity contribution in [3.63, 3.8) is 0 Å². The van der Waals surface area contributed by atoms with Crippen molar-refractivity contribution in [1.82, 2.24) is 15.0 Å². The van der Waals surface area contributed by atoms with Crippen LogP contribution in [0, 0.1) is 11.3 Å². The van der Waals surface area contributed by atoms with E-state index in [1.165, 1.54) is 6.20 Å². The van der Waals surface area contributed by atoms with E-state index in [0.717, 1.165) is 35.9 Å². The standard InChI is InChI=1S/C14H15N5/c1-3-13-18-12(6-14(19-13)17-4-2)11-5-10(7-15)8-16-9-11/h5-6,8-9H,3-4H2,1-2H3,(H,17,18,19). The molecule has 0 fully saturated rings. The Hall–Kier alpha value is -2.48. The van der Waals surface area contributed by atoms with Crippen molar-refractivity contribution >= 4 is 5.82 Å². The molecule has 0 amide bonds. The maximum Gasteiger partial charge on any atom is 0.131 e. The lowest BCUT2D eigenvalue weighted by molar-refractivity contribution is 0.939. The van der Waals surface area contributed by atoms with Gasteiger partial charge in [0, 0.05) is 37.0 Å². The van der Waals surface area contributed by atoms with Gasteiger partial charge < -0.3 is 5.32 Å². The van der Waals surface area contributed by atoms with Gasteiger partial charge in [0.15, 0.2) is 0 Å². The van der Waals surface area contributed by atoms with Crippen LogP contribution in [0.4, 0.5) is 5.82 Å². The van der Waals surface area contributed by atoms with Crippen molar-refractivity contribution in [2.75, 3.05) is 11.9 Å². The van der Waals surface area contributed by atoms with Crippen molar-refractivity contribution in [2.45, 2.75) is 20.3 Å². The molecule has 1 N–H and O–H groups in total. The molecular formula is C14H15N5. The molecule has 2 heterocycles. The number of rotatable bonds is 4. The Balaban J connectivity index is 2.48. The predicted molar refractivity (Wildman–Crippen MR) is 73.5 cm³/mol. The molecule has 5 nitrogen and oxygen atoms in total. The van der Waals surface area contributed by atoms with E-state index >= 15 is 0 Å². The van der Waals surface area contributed by atoms with Gasteiger partial charge in [-0.05, 0) is 13.0 Å². The summed E-state index contributed by atoms with van der Waals surface area (Å²) in [7, 11) is 0. The molecule has 0 aliphatic heterocycles. The zero-order valence-corrected chi connectivity index (χ0v) is 11.0. The highest BCUT2D eigenvalue weighted by atomic mass is 15.0. The molecule has 0 atom stereocenters. The summed E-state index contributed by atoms with van der Waals surface area (Å²) in [5.74, 6) is 1.57. The molecular weight excluding hydrogens is 238 g/mol. The van der Waals surface area contributed by atoms with E-state index < -0.39 is 0 Å². The Labute approximate surface area is 112 Å². The van der Waals surface area contributed by atoms with Crippen molar-refractivity contribution in [2.24, 2.45) is 0 Å². The van der Waals surface area contributed by atoms with Gasteiger partial charge in [-0.25, -0.2) is 9.97 Å². The molecule has 0 saturated heterocycles. The Morgan fingerprint density at radius 1 is 1.21 bits per heavy atom. The highest BCUT2D eigenvalue weighted by molar-refractivity contribution is 5.63. The highest BCUT2D eigenvalue weighted by Crippen LogP contribution is 2.20. The summed E-state index contributed by atoms with van der Waals surface area (Å²) < 4.78 is 0. The summed E-state index contributed by atoms with van der Waals surface area (Å²) in [6.45, 7) is 4.83. The van der Waals surface area contributed by atoms with Gasteiger partial charge in [0.25, 0.3) is 0 Å². The van der Waals surface area contributed by atoms with E-state index in [2.05, 4.69) is 26.3 Å². The summed E-state index contributed by atoms with van der Waals surface area (Å²) >= 11 is 0. The first kappa shape index (κ1) is 13.0. The van der Waals surface area contributed by atoms with Gasteiger partial charge in [-0.3, -0.25) is 4.98 Å². The monoisotopic (exact) mass is 253 g/mol. The first-order chi connectivity index (χ1) is 9.26. The second-order valence-electron chi connectivity index (χ2n) is 4.01. The second kappa shape index (κ2) is 5.91. The van der Waals surface area contributed by atoms with Gasteiger partial charge in [0.2, 0.25) is 0 Å². The quantitative estimate of drug-likeness (QED) is 0.905. The van der Waals surface area contributed by atoms with E-state index in [9.17, 15) is 0 Å². The molecule has 0 aliphatic rings. The van der Waals surface area contributed by atoms with E-state index in [0.29, 0.717) is 5.56 Å². The van der Waals surface area contributed by atoms with E-state index in [4.69, 9.17) is 5.26 Å². The summed E-state index contributed by atoms with van der Waals surface area (Å²) in [6, 6.07) is 5.74. The molecule has 0 aromatic carbocycles. The van der Waals surface area contributed by atoms with Gasteiger partial charge in [0.05, 0.1) is 11.3 Å². The average Bonchev–Trinajstić information content (AvgIpc) is 2.47. The maximum absolute atomic E-state index is 8.91. The molecule has 0 spiro atoms. The minimum absolute atomic E-state index is 0.527. The fraction of sp³-hybridized carbons (Fsp3) is 0.286. The SMILES string of the molecule is CCNc1cc(-c2cncc(C#N)c2)nc(CC)n1. The van der Waals surface area contributed by atoms with Crippen LogP contribution in [-0.4, -0.2) is 21.5 Å². The second-order valence-corrected chi connectivity index (χ2v) is 4.01. The minimum Gasteiger partial charge on any atom is -0.370 e. The zero-order chi connectivity index (χ0) is 13.7. The van der Waals surface area contributed by atoms with Gasteiger partial charge in [-0.15, -0.1) is 0 Å². The highest BCUT2D eigenvalue weighted by Gasteiger charge is 2.06. The van der Waals surface area contributed by atoms with Crippen LogP contribution in [0.1, 0.15) is 25.2 Å². The molecule has 0 radical (unpaired) electrons. The molecule has 0 aliphatic carbocycles. The number of nitrogens with zero attached hydrogens (tertiary/aromatic N) is 4. The van der Waals surface area contributed by atoms with Crippen LogP contribution in [0.25, 0.3) is 11.3 Å². The van der Waals surface area contributed by atoms with Gasteiger partial charge >= 0.3 is 0 Å². The number of hydrogen-bond donors (Lipinski definition) is 1. The fourth-order valence-corrected chi connectivity index (χ4v) is 1.72. The summed E-state index contributed by atoms with van der Waals surface area (Å²) in [4.78, 5) is 12.9. The lowest BCUT2D eigenvalue weighted by atomic mass is 10.1. The fourth-order valence-electron chi connectivity index (χ4n) is 1.72. The smallest absolute Gasteiger partial charge is 0.131 e. The number of anilines is 1. The summed E-state index contributed by atoms with van der Waals surface area (Å²) in [6.07, 6.45) is 4.01. The normalized spacial score (nSPS) is 9.95. The summed E-state index contributed by atoms with van der Waals surface area (Å²) in [5, 5.41) is 12.1. The third kappa shape index (κ3) is 3.05. The third-order valence-corrected chi connectivity index (χ3v) is 2.61. The Kier molecular flexibility index (Phi) is 4.04. The van der Waals surface area contributed by atoms with Crippen LogP contribution in [0.2, 0.25) is 0 Å². The predicted octanol–water partition coefficient (Wildman–Crippen LogP) is 2.40. The number of nitrogens with one attached hydrogen (secondary N) is 1. The topological polar surface area (TPSA) is 74.5 Å². The number of aryl methyl sites for hydroxylation is 1. The van der Waals surface area contributed by atoms with Crippen LogP contribution in [0.15, 0.2) is 24.5 Å². The molecule has 2 aromatic rings. The van der Waals surface area contributed by atoms with E-state index in [1.807, 2.05) is 19.9 Å². The molecule has 0 unspecified atom stereocenters. The zero-order valence-electron chi connectivity index (χ0n) is 11.0. The van der Waals surface area contributed by atoms with Crippen LogP contribution in [0.5, 0.6) is 0 Å². The van der Waals surface area contributed by atoms with Crippen LogP contribution < -0.4 is 5.32 Å². The molecule has 5 heteroatoms. The summed E-state index contributed by atoms with van der Waals surface area (Å²) in [5.41, 5.74) is 2.14. The molecule has 0 bridgehead atoms. The minimum atomic E-state index is 0.527. The molecule has 19 heavy (non-hydrogen) atoms. The lowest BCUT2D eigenvalue weighted by Crippen LogP contribution is -2.04. The maximum atomic E-state index is 8.91. The first-order valence-corrected chi connectivity index (χ1v) is 6.24. The third-order valence-electron chi connectivity index (χ3n) is 2.61. The van der Waals surface area contributed by atoms with Crippen LogP contribution in [-0.2, 0) is 6.42 Å². The number of aromatic nitrogens is 3. The van der Waals surface area contributed by atoms with Crippen LogP contribution >= 0.6 is 0 Å². The van der Waals surface area contributed by atoms with Gasteiger partial charge in [-0.1, -0.05) is 6.92 Å². The average molecular weight is 253 g/mol. The van der Waals surface area contributed by atoms with Crippen molar-refractivity contribution < 1.29 is 0 Å². The Bertz CT molecular complexity index is 615. The number of pyridine rings is 1. The molecule has 96 valence electrons. The Morgan fingerprint density at radius 3 is 2.74 bits per heavy atom. The van der Waals surface area contributed by atoms with Gasteiger partial charge in [0.1, 0.15) is 17.7 Å². The lowest BCUT2D eigenvalue weighted by Gasteiger charge is -2.08.